The molecular weight excluding hydrogens is 330 g/mol. The zero-order chi connectivity index (χ0) is 17.7. The lowest BCUT2D eigenvalue weighted by Crippen LogP contribution is -2.53. The molecule has 1 aromatic rings. The van der Waals surface area contributed by atoms with Gasteiger partial charge in [0.15, 0.2) is 11.7 Å². The SMILES string of the molecule is C=CCN1C(=O)C(=Cc2ccc(OCC(N)=O)cc2)C(=O)NC1=S. The molecule has 1 heterocycles. The predicted molar refractivity (Wildman–Crippen MR) is 91.8 cm³/mol. The third-order valence-corrected chi connectivity index (χ3v) is 3.39. The second-order valence-electron chi connectivity index (χ2n) is 4.85. The summed E-state index contributed by atoms with van der Waals surface area (Å²) < 4.78 is 5.14. The Morgan fingerprint density at radius 2 is 2.00 bits per heavy atom. The maximum atomic E-state index is 12.4. The van der Waals surface area contributed by atoms with Crippen LogP contribution < -0.4 is 15.8 Å². The second-order valence-corrected chi connectivity index (χ2v) is 5.23. The third-order valence-electron chi connectivity index (χ3n) is 3.07. The highest BCUT2D eigenvalue weighted by Crippen LogP contribution is 2.17. The molecule has 0 aromatic heterocycles. The fourth-order valence-electron chi connectivity index (χ4n) is 1.97. The Bertz CT molecular complexity index is 740. The average Bonchev–Trinajstić information content (AvgIpc) is 2.54. The van der Waals surface area contributed by atoms with Crippen molar-refractivity contribution in [3.05, 3.63) is 48.1 Å². The first kappa shape index (κ1) is 17.4. The summed E-state index contributed by atoms with van der Waals surface area (Å²) in [6.45, 7) is 3.54. The van der Waals surface area contributed by atoms with E-state index in [4.69, 9.17) is 22.7 Å². The summed E-state index contributed by atoms with van der Waals surface area (Å²) >= 11 is 4.98. The van der Waals surface area contributed by atoms with Gasteiger partial charge in [-0.15, -0.1) is 6.58 Å². The van der Waals surface area contributed by atoms with Crippen LogP contribution in [0.3, 0.4) is 0 Å². The molecule has 7 nitrogen and oxygen atoms in total. The molecule has 2 rings (SSSR count). The minimum absolute atomic E-state index is 0.0312. The Balaban J connectivity index is 2.20. The molecule has 1 aliphatic rings. The highest BCUT2D eigenvalue weighted by atomic mass is 32.1. The number of thiocarbonyl (C=S) groups is 1. The van der Waals surface area contributed by atoms with Crippen LogP contribution in [0.25, 0.3) is 6.08 Å². The van der Waals surface area contributed by atoms with Gasteiger partial charge in [0.05, 0.1) is 0 Å². The largest absolute Gasteiger partial charge is 0.484 e. The maximum Gasteiger partial charge on any atom is 0.265 e. The Hall–Kier alpha value is -3.00. The van der Waals surface area contributed by atoms with Crippen LogP contribution in [-0.2, 0) is 14.4 Å². The van der Waals surface area contributed by atoms with Gasteiger partial charge in [-0.3, -0.25) is 24.6 Å². The first-order chi connectivity index (χ1) is 11.4. The van der Waals surface area contributed by atoms with E-state index >= 15 is 0 Å². The van der Waals surface area contributed by atoms with Crippen molar-refractivity contribution in [2.45, 2.75) is 0 Å². The summed E-state index contributed by atoms with van der Waals surface area (Å²) in [5.41, 5.74) is 5.58. The zero-order valence-corrected chi connectivity index (χ0v) is 13.5. The molecule has 8 heteroatoms. The number of benzene rings is 1. The minimum Gasteiger partial charge on any atom is -0.484 e. The smallest absolute Gasteiger partial charge is 0.265 e. The van der Waals surface area contributed by atoms with Gasteiger partial charge in [-0.25, -0.2) is 0 Å². The lowest BCUT2D eigenvalue weighted by Gasteiger charge is -2.27. The number of nitrogens with one attached hydrogen (secondary N) is 1. The minimum atomic E-state index is -0.580. The number of amides is 3. The van der Waals surface area contributed by atoms with Gasteiger partial charge in [-0.1, -0.05) is 18.2 Å². The Morgan fingerprint density at radius 3 is 2.58 bits per heavy atom. The Labute approximate surface area is 143 Å². The van der Waals surface area contributed by atoms with Crippen LogP contribution in [0.15, 0.2) is 42.5 Å². The van der Waals surface area contributed by atoms with Gasteiger partial charge >= 0.3 is 0 Å². The molecule has 24 heavy (non-hydrogen) atoms. The van der Waals surface area contributed by atoms with Crippen LogP contribution in [0.4, 0.5) is 0 Å². The number of ether oxygens (including phenoxy) is 1. The van der Waals surface area contributed by atoms with E-state index in [2.05, 4.69) is 11.9 Å². The van der Waals surface area contributed by atoms with Crippen molar-refractivity contribution >= 4 is 41.1 Å². The summed E-state index contributed by atoms with van der Waals surface area (Å²) in [6.07, 6.45) is 2.97. The van der Waals surface area contributed by atoms with Gasteiger partial charge in [0.1, 0.15) is 11.3 Å². The quantitative estimate of drug-likeness (QED) is 0.336. The number of carbonyl (C=O) groups excluding carboxylic acids is 3. The van der Waals surface area contributed by atoms with Crippen molar-refractivity contribution in [2.24, 2.45) is 5.73 Å². The monoisotopic (exact) mass is 345 g/mol. The molecule has 124 valence electrons. The molecule has 1 saturated heterocycles. The van der Waals surface area contributed by atoms with Crippen LogP contribution in [0.5, 0.6) is 5.75 Å². The van der Waals surface area contributed by atoms with Crippen LogP contribution in [-0.4, -0.2) is 40.9 Å². The highest BCUT2D eigenvalue weighted by molar-refractivity contribution is 7.80. The van der Waals surface area contributed by atoms with E-state index in [1.807, 2.05) is 0 Å². The van der Waals surface area contributed by atoms with Gasteiger partial charge in [0.2, 0.25) is 0 Å². The lowest BCUT2D eigenvalue weighted by molar-refractivity contribution is -0.128. The van der Waals surface area contributed by atoms with E-state index in [-0.39, 0.29) is 23.8 Å². The van der Waals surface area contributed by atoms with Crippen LogP contribution in [0, 0.1) is 0 Å². The first-order valence-electron chi connectivity index (χ1n) is 6.93. The summed E-state index contributed by atoms with van der Waals surface area (Å²) in [7, 11) is 0. The fraction of sp³-hybridized carbons (Fsp3) is 0.125. The molecule has 1 fully saturated rings. The van der Waals surface area contributed by atoms with Crippen molar-refractivity contribution in [3.63, 3.8) is 0 Å². The predicted octanol–water partition coefficient (Wildman–Crippen LogP) is 0.363. The highest BCUT2D eigenvalue weighted by Gasteiger charge is 2.32. The lowest BCUT2D eigenvalue weighted by atomic mass is 10.1. The molecule has 3 N–H and O–H groups in total. The molecular formula is C16H15N3O4S. The summed E-state index contributed by atoms with van der Waals surface area (Å²) in [6, 6.07) is 6.50. The molecule has 0 aliphatic carbocycles. The van der Waals surface area contributed by atoms with Crippen molar-refractivity contribution in [2.75, 3.05) is 13.2 Å². The van der Waals surface area contributed by atoms with Crippen molar-refractivity contribution < 1.29 is 19.1 Å². The average molecular weight is 345 g/mol. The van der Waals surface area contributed by atoms with Crippen molar-refractivity contribution in [1.29, 1.82) is 0 Å². The van der Waals surface area contributed by atoms with E-state index in [1.54, 1.807) is 24.3 Å². The molecule has 0 unspecified atom stereocenters. The van der Waals surface area contributed by atoms with Gasteiger partial charge in [0.25, 0.3) is 17.7 Å². The number of primary amides is 1. The topological polar surface area (TPSA) is 102 Å². The van der Waals surface area contributed by atoms with Gasteiger partial charge in [-0.05, 0) is 36.0 Å². The fourth-order valence-corrected chi connectivity index (χ4v) is 2.22. The second kappa shape index (κ2) is 7.51. The number of nitrogens with zero attached hydrogens (tertiary/aromatic N) is 1. The number of carbonyl (C=O) groups is 3. The standard InChI is InChI=1S/C16H15N3O4S/c1-2-7-19-15(22)12(14(21)18-16(19)24)8-10-3-5-11(6-4-10)23-9-13(17)20/h2-6,8H,1,7,9H2,(H2,17,20)(H,18,21,24). The Kier molecular flexibility index (Phi) is 5.43. The molecule has 0 atom stereocenters. The number of hydrogen-bond donors (Lipinski definition) is 2. The normalized spacial score (nSPS) is 16.1. The first-order valence-corrected chi connectivity index (χ1v) is 7.34. The molecule has 3 amide bonds. The molecule has 0 radical (unpaired) electrons. The van der Waals surface area contributed by atoms with E-state index in [0.717, 1.165) is 0 Å². The van der Waals surface area contributed by atoms with Crippen molar-refractivity contribution in [1.82, 2.24) is 10.2 Å². The molecule has 1 aromatic carbocycles. The summed E-state index contributed by atoms with van der Waals surface area (Å²) in [5, 5.41) is 2.52. The molecule has 0 spiro atoms. The molecule has 0 bridgehead atoms. The number of nitrogens with two attached hydrogens (primary N) is 1. The van der Waals surface area contributed by atoms with E-state index < -0.39 is 17.7 Å². The number of rotatable bonds is 6. The van der Waals surface area contributed by atoms with Crippen LogP contribution in [0.1, 0.15) is 5.56 Å². The maximum absolute atomic E-state index is 12.4. The molecule has 0 saturated carbocycles. The van der Waals surface area contributed by atoms with Gasteiger partial charge < -0.3 is 10.5 Å². The van der Waals surface area contributed by atoms with E-state index in [9.17, 15) is 14.4 Å². The van der Waals surface area contributed by atoms with Crippen molar-refractivity contribution in [3.8, 4) is 5.75 Å². The molecule has 1 aliphatic heterocycles. The zero-order valence-electron chi connectivity index (χ0n) is 12.7. The van der Waals surface area contributed by atoms with E-state index in [0.29, 0.717) is 11.3 Å². The third kappa shape index (κ3) is 4.05. The van der Waals surface area contributed by atoms with Crippen LogP contribution in [0.2, 0.25) is 0 Å². The van der Waals surface area contributed by atoms with Crippen LogP contribution >= 0.6 is 12.2 Å². The van der Waals surface area contributed by atoms with Gasteiger partial charge in [0, 0.05) is 6.54 Å². The number of hydrogen-bond acceptors (Lipinski definition) is 5. The summed E-state index contributed by atoms with van der Waals surface area (Å²) in [5.74, 6) is -1.18. The summed E-state index contributed by atoms with van der Waals surface area (Å²) in [4.78, 5) is 36.3. The van der Waals surface area contributed by atoms with Gasteiger partial charge in [-0.2, -0.15) is 0 Å². The van der Waals surface area contributed by atoms with E-state index in [1.165, 1.54) is 17.1 Å². The Morgan fingerprint density at radius 1 is 1.33 bits per heavy atom.